The van der Waals surface area contributed by atoms with Gasteiger partial charge in [-0.25, -0.2) is 4.68 Å². The van der Waals surface area contributed by atoms with E-state index < -0.39 is 4.92 Å². The zero-order valence-electron chi connectivity index (χ0n) is 11.5. The molecule has 0 fully saturated rings. The third kappa shape index (κ3) is 3.32. The molecule has 0 aliphatic carbocycles. The lowest BCUT2D eigenvalue weighted by Gasteiger charge is -2.19. The Balaban J connectivity index is 2.12. The maximum Gasteiger partial charge on any atom is 0.269 e. The molecule has 1 aromatic carbocycles. The van der Waals surface area contributed by atoms with E-state index in [-0.39, 0.29) is 11.2 Å². The van der Waals surface area contributed by atoms with Crippen molar-refractivity contribution in [2.24, 2.45) is 0 Å². The van der Waals surface area contributed by atoms with Crippen LogP contribution in [-0.4, -0.2) is 25.1 Å². The summed E-state index contributed by atoms with van der Waals surface area (Å²) in [7, 11) is 0. The Labute approximate surface area is 120 Å². The van der Waals surface area contributed by atoms with E-state index in [2.05, 4.69) is 15.5 Å². The minimum Gasteiger partial charge on any atom is -0.258 e. The number of thioether (sulfide) groups is 1. The van der Waals surface area contributed by atoms with Crippen molar-refractivity contribution in [3.8, 4) is 0 Å². The molecule has 7 nitrogen and oxygen atoms in total. The largest absolute Gasteiger partial charge is 0.269 e. The predicted octanol–water partition coefficient (Wildman–Crippen LogP) is 2.63. The molecule has 0 radical (unpaired) electrons. The van der Waals surface area contributed by atoms with Crippen LogP contribution in [0.2, 0.25) is 0 Å². The smallest absolute Gasteiger partial charge is 0.258 e. The molecule has 0 amide bonds. The van der Waals surface area contributed by atoms with Crippen LogP contribution >= 0.6 is 11.8 Å². The van der Waals surface area contributed by atoms with E-state index in [1.807, 2.05) is 26.8 Å². The van der Waals surface area contributed by atoms with E-state index in [0.29, 0.717) is 10.9 Å². The van der Waals surface area contributed by atoms with Crippen molar-refractivity contribution < 1.29 is 4.92 Å². The molecule has 0 N–H and O–H groups in total. The topological polar surface area (TPSA) is 86.7 Å². The maximum atomic E-state index is 10.7. The van der Waals surface area contributed by atoms with Crippen LogP contribution in [0, 0.1) is 10.1 Å². The van der Waals surface area contributed by atoms with Crippen LogP contribution in [0.1, 0.15) is 26.3 Å². The van der Waals surface area contributed by atoms with E-state index in [4.69, 9.17) is 0 Å². The average molecular weight is 293 g/mol. The third-order valence-electron chi connectivity index (χ3n) is 2.57. The predicted molar refractivity (Wildman–Crippen MR) is 75.5 cm³/mol. The summed E-state index contributed by atoms with van der Waals surface area (Å²) in [4.78, 5) is 10.3. The Morgan fingerprint density at radius 3 is 2.80 bits per heavy atom. The van der Waals surface area contributed by atoms with Crippen LogP contribution in [0.5, 0.6) is 0 Å². The fourth-order valence-corrected chi connectivity index (χ4v) is 2.60. The number of nitrogens with zero attached hydrogens (tertiary/aromatic N) is 5. The highest BCUT2D eigenvalue weighted by Crippen LogP contribution is 2.25. The average Bonchev–Trinajstić information content (AvgIpc) is 2.85. The molecule has 0 atom stereocenters. The van der Waals surface area contributed by atoms with Crippen LogP contribution < -0.4 is 0 Å². The number of hydrogen-bond donors (Lipinski definition) is 0. The number of benzene rings is 1. The van der Waals surface area contributed by atoms with E-state index in [0.717, 1.165) is 5.56 Å². The maximum absolute atomic E-state index is 10.7. The number of rotatable bonds is 4. The minimum absolute atomic E-state index is 0.0958. The first kappa shape index (κ1) is 14.4. The first-order valence-corrected chi connectivity index (χ1v) is 7.01. The van der Waals surface area contributed by atoms with Crippen molar-refractivity contribution in [1.29, 1.82) is 0 Å². The summed E-state index contributed by atoms with van der Waals surface area (Å²) in [5, 5.41) is 23.1. The molecular formula is C12H15N5O2S. The van der Waals surface area contributed by atoms with E-state index in [1.54, 1.807) is 16.8 Å². The minimum atomic E-state index is -0.395. The Hall–Kier alpha value is -1.96. The molecule has 2 aromatic rings. The molecule has 0 aliphatic rings. The standard InChI is InChI=1S/C12H15N5O2S/c1-12(2,3)16-11(13-14-15-16)20-8-9-5-4-6-10(7-9)17(18)19/h4-7H,8H2,1-3H3. The molecule has 1 aromatic heterocycles. The van der Waals surface area contributed by atoms with Gasteiger partial charge < -0.3 is 0 Å². The second-order valence-corrected chi connectivity index (χ2v) is 6.20. The van der Waals surface area contributed by atoms with E-state index in [1.165, 1.54) is 17.8 Å². The summed E-state index contributed by atoms with van der Waals surface area (Å²) in [6.45, 7) is 6.04. The van der Waals surface area contributed by atoms with Crippen LogP contribution in [0.15, 0.2) is 29.4 Å². The zero-order valence-corrected chi connectivity index (χ0v) is 12.3. The van der Waals surface area contributed by atoms with Gasteiger partial charge in [0.2, 0.25) is 5.16 Å². The highest BCUT2D eigenvalue weighted by molar-refractivity contribution is 7.98. The number of non-ortho nitro benzene ring substituents is 1. The van der Waals surface area contributed by atoms with Gasteiger partial charge in [0.25, 0.3) is 5.69 Å². The summed E-state index contributed by atoms with van der Waals surface area (Å²) in [5.74, 6) is 0.581. The van der Waals surface area contributed by atoms with Gasteiger partial charge in [-0.2, -0.15) is 0 Å². The summed E-state index contributed by atoms with van der Waals surface area (Å²) in [6, 6.07) is 6.58. The quantitative estimate of drug-likeness (QED) is 0.489. The summed E-state index contributed by atoms with van der Waals surface area (Å²) in [5.41, 5.74) is 0.764. The number of aromatic nitrogens is 4. The Bertz CT molecular complexity index is 620. The lowest BCUT2D eigenvalue weighted by atomic mass is 10.1. The van der Waals surface area contributed by atoms with Gasteiger partial charge in [-0.1, -0.05) is 23.9 Å². The molecular weight excluding hydrogens is 278 g/mol. The van der Waals surface area contributed by atoms with Crippen molar-refractivity contribution in [3.05, 3.63) is 39.9 Å². The van der Waals surface area contributed by atoms with Gasteiger partial charge in [0.1, 0.15) is 0 Å². The SMILES string of the molecule is CC(C)(C)n1nnnc1SCc1cccc([N+](=O)[O-])c1. The van der Waals surface area contributed by atoms with Crippen molar-refractivity contribution >= 4 is 17.4 Å². The molecule has 20 heavy (non-hydrogen) atoms. The molecule has 0 saturated heterocycles. The van der Waals surface area contributed by atoms with Crippen LogP contribution in [0.25, 0.3) is 0 Å². The first-order chi connectivity index (χ1) is 9.38. The Morgan fingerprint density at radius 2 is 2.15 bits per heavy atom. The fraction of sp³-hybridized carbons (Fsp3) is 0.417. The van der Waals surface area contributed by atoms with Crippen LogP contribution in [0.3, 0.4) is 0 Å². The van der Waals surface area contributed by atoms with Crippen LogP contribution in [-0.2, 0) is 11.3 Å². The number of nitro groups is 1. The molecule has 0 aliphatic heterocycles. The second kappa shape index (κ2) is 5.58. The van der Waals surface area contributed by atoms with Crippen molar-refractivity contribution in [2.45, 2.75) is 37.2 Å². The normalized spacial score (nSPS) is 11.6. The molecule has 1 heterocycles. The number of hydrogen-bond acceptors (Lipinski definition) is 6. The Morgan fingerprint density at radius 1 is 1.40 bits per heavy atom. The van der Waals surface area contributed by atoms with Crippen molar-refractivity contribution in [1.82, 2.24) is 20.2 Å². The molecule has 0 bridgehead atoms. The molecule has 8 heteroatoms. The molecule has 2 rings (SSSR count). The van der Waals surface area contributed by atoms with Crippen molar-refractivity contribution in [3.63, 3.8) is 0 Å². The highest BCUT2D eigenvalue weighted by Gasteiger charge is 2.20. The molecule has 0 spiro atoms. The Kier molecular flexibility index (Phi) is 4.03. The zero-order chi connectivity index (χ0) is 14.8. The molecule has 0 unspecified atom stereocenters. The summed E-state index contributed by atoms with van der Waals surface area (Å²) in [6.07, 6.45) is 0. The summed E-state index contributed by atoms with van der Waals surface area (Å²) >= 11 is 1.46. The van der Waals surface area contributed by atoms with Gasteiger partial charge in [0.15, 0.2) is 0 Å². The van der Waals surface area contributed by atoms with Gasteiger partial charge in [0, 0.05) is 17.9 Å². The van der Waals surface area contributed by atoms with Gasteiger partial charge in [-0.05, 0) is 36.8 Å². The lowest BCUT2D eigenvalue weighted by Crippen LogP contribution is -2.24. The third-order valence-corrected chi connectivity index (χ3v) is 3.56. The molecule has 106 valence electrons. The van der Waals surface area contributed by atoms with Gasteiger partial charge in [-0.15, -0.1) is 5.10 Å². The number of nitro benzene ring substituents is 1. The van der Waals surface area contributed by atoms with E-state index >= 15 is 0 Å². The fourth-order valence-electron chi connectivity index (χ4n) is 1.60. The van der Waals surface area contributed by atoms with Gasteiger partial charge in [-0.3, -0.25) is 10.1 Å². The van der Waals surface area contributed by atoms with E-state index in [9.17, 15) is 10.1 Å². The lowest BCUT2D eigenvalue weighted by molar-refractivity contribution is -0.384. The number of tetrazole rings is 1. The summed E-state index contributed by atoms with van der Waals surface area (Å²) < 4.78 is 1.75. The highest BCUT2D eigenvalue weighted by atomic mass is 32.2. The first-order valence-electron chi connectivity index (χ1n) is 6.03. The monoisotopic (exact) mass is 293 g/mol. The molecule has 0 saturated carbocycles. The van der Waals surface area contributed by atoms with Crippen LogP contribution in [0.4, 0.5) is 5.69 Å². The van der Waals surface area contributed by atoms with Crippen molar-refractivity contribution in [2.75, 3.05) is 0 Å². The van der Waals surface area contributed by atoms with Gasteiger partial charge in [0.05, 0.1) is 10.5 Å². The second-order valence-electron chi connectivity index (χ2n) is 5.26. The van der Waals surface area contributed by atoms with Gasteiger partial charge >= 0.3 is 0 Å².